The summed E-state index contributed by atoms with van der Waals surface area (Å²) in [6.45, 7) is 0.946. The fraction of sp³-hybridized carbons (Fsp3) is 0.909. The molecular weight excluding hydrogens is 232 g/mol. The molecule has 98 valence electrons. The number of rotatable bonds is 3. The number of carbonyl (C=O) groups excluding carboxylic acids is 1. The van der Waals surface area contributed by atoms with E-state index >= 15 is 0 Å². The number of hydrogen-bond donors (Lipinski definition) is 2. The lowest BCUT2D eigenvalue weighted by atomic mass is 9.75. The minimum absolute atomic E-state index is 0.0127. The van der Waals surface area contributed by atoms with E-state index in [1.165, 1.54) is 0 Å². The van der Waals surface area contributed by atoms with Crippen LogP contribution in [0.25, 0.3) is 0 Å². The lowest BCUT2D eigenvalue weighted by Gasteiger charge is -2.42. The number of ether oxygens (including phenoxy) is 1. The number of carbonyl (C=O) groups is 1. The van der Waals surface area contributed by atoms with E-state index < -0.39 is 17.4 Å². The van der Waals surface area contributed by atoms with Gasteiger partial charge >= 0.3 is 5.92 Å². The van der Waals surface area contributed by atoms with Crippen LogP contribution in [0, 0.1) is 0 Å². The summed E-state index contributed by atoms with van der Waals surface area (Å²) in [7, 11) is 0. The first-order valence-corrected chi connectivity index (χ1v) is 5.95. The Hall–Kier alpha value is -0.750. The van der Waals surface area contributed by atoms with Gasteiger partial charge in [0.1, 0.15) is 5.60 Å². The summed E-state index contributed by atoms with van der Waals surface area (Å²) in [4.78, 5) is 11.5. The van der Waals surface area contributed by atoms with Gasteiger partial charge in [-0.1, -0.05) is 0 Å². The first-order chi connectivity index (χ1) is 7.96. The molecule has 0 aromatic carbocycles. The van der Waals surface area contributed by atoms with Crippen molar-refractivity contribution in [3.8, 4) is 0 Å². The Balaban J connectivity index is 1.93. The maximum absolute atomic E-state index is 13.7. The lowest BCUT2D eigenvalue weighted by molar-refractivity contribution is -0.216. The smallest absolute Gasteiger partial charge is 0.352 e. The largest absolute Gasteiger partial charge is 0.383 e. The first kappa shape index (κ1) is 12.7. The van der Waals surface area contributed by atoms with Crippen LogP contribution < -0.4 is 5.32 Å². The molecule has 4 nitrogen and oxygen atoms in total. The van der Waals surface area contributed by atoms with Gasteiger partial charge in [-0.25, -0.2) is 0 Å². The van der Waals surface area contributed by atoms with Gasteiger partial charge in [0.15, 0.2) is 0 Å². The Kier molecular flexibility index (Phi) is 3.36. The molecule has 1 saturated heterocycles. The molecule has 0 spiro atoms. The molecule has 1 saturated carbocycles. The molecule has 1 aliphatic heterocycles. The molecule has 2 N–H and O–H groups in total. The van der Waals surface area contributed by atoms with Crippen molar-refractivity contribution in [3.63, 3.8) is 0 Å². The molecule has 1 aliphatic carbocycles. The van der Waals surface area contributed by atoms with Crippen molar-refractivity contribution in [1.29, 1.82) is 0 Å². The van der Waals surface area contributed by atoms with Crippen LogP contribution in [-0.2, 0) is 9.53 Å². The monoisotopic (exact) mass is 249 g/mol. The lowest BCUT2D eigenvalue weighted by Crippen LogP contribution is -2.62. The molecule has 6 heteroatoms. The molecule has 2 fully saturated rings. The van der Waals surface area contributed by atoms with E-state index in [2.05, 4.69) is 5.32 Å². The quantitative estimate of drug-likeness (QED) is 0.779. The molecule has 2 rings (SSSR count). The van der Waals surface area contributed by atoms with Crippen LogP contribution >= 0.6 is 0 Å². The van der Waals surface area contributed by atoms with Crippen molar-refractivity contribution in [3.05, 3.63) is 0 Å². The molecule has 0 radical (unpaired) electrons. The number of halogens is 2. The number of hydrogen-bond acceptors (Lipinski definition) is 3. The number of aliphatic hydroxyl groups is 1. The van der Waals surface area contributed by atoms with Crippen molar-refractivity contribution in [2.24, 2.45) is 0 Å². The Morgan fingerprint density at radius 2 is 1.94 bits per heavy atom. The third-order valence-corrected chi connectivity index (χ3v) is 3.61. The summed E-state index contributed by atoms with van der Waals surface area (Å²) >= 11 is 0. The third kappa shape index (κ3) is 2.28. The van der Waals surface area contributed by atoms with Crippen LogP contribution in [0.5, 0.6) is 0 Å². The summed E-state index contributed by atoms with van der Waals surface area (Å²) in [6, 6.07) is -0.272. The summed E-state index contributed by atoms with van der Waals surface area (Å²) in [6.07, 6.45) is 1.60. The highest BCUT2D eigenvalue weighted by atomic mass is 19.3. The van der Waals surface area contributed by atoms with Crippen LogP contribution in [0.2, 0.25) is 0 Å². The van der Waals surface area contributed by atoms with Crippen molar-refractivity contribution in [1.82, 2.24) is 5.32 Å². The first-order valence-electron chi connectivity index (χ1n) is 5.95. The van der Waals surface area contributed by atoms with Crippen LogP contribution in [0.3, 0.4) is 0 Å². The van der Waals surface area contributed by atoms with Crippen molar-refractivity contribution in [2.75, 3.05) is 13.2 Å². The third-order valence-electron chi connectivity index (χ3n) is 3.61. The SMILES string of the molecule is O=C(NC1CCOCC1)C(F)(F)C1(O)CCC1. The van der Waals surface area contributed by atoms with Crippen molar-refractivity contribution in [2.45, 2.75) is 49.7 Å². The average molecular weight is 249 g/mol. The Labute approximate surface area is 98.3 Å². The Morgan fingerprint density at radius 1 is 1.35 bits per heavy atom. The second-order valence-electron chi connectivity index (χ2n) is 4.82. The number of nitrogens with one attached hydrogen (secondary N) is 1. The van der Waals surface area contributed by atoms with Gasteiger partial charge in [-0.05, 0) is 32.1 Å². The molecule has 17 heavy (non-hydrogen) atoms. The van der Waals surface area contributed by atoms with Gasteiger partial charge in [-0.15, -0.1) is 0 Å². The van der Waals surface area contributed by atoms with Crippen LogP contribution in [0.4, 0.5) is 8.78 Å². The summed E-state index contributed by atoms with van der Waals surface area (Å²) in [5.74, 6) is -5.05. The summed E-state index contributed by atoms with van der Waals surface area (Å²) in [5, 5.41) is 11.9. The highest BCUT2D eigenvalue weighted by Gasteiger charge is 2.61. The van der Waals surface area contributed by atoms with E-state index in [4.69, 9.17) is 4.74 Å². The Bertz CT molecular complexity index is 299. The van der Waals surface area contributed by atoms with Gasteiger partial charge in [0.25, 0.3) is 5.91 Å². The molecular formula is C11H17F2NO3. The van der Waals surface area contributed by atoms with Crippen LogP contribution in [0.15, 0.2) is 0 Å². The van der Waals surface area contributed by atoms with Crippen molar-refractivity contribution >= 4 is 5.91 Å². The molecule has 0 aromatic heterocycles. The number of alkyl halides is 2. The average Bonchev–Trinajstić information content (AvgIpc) is 2.27. The maximum Gasteiger partial charge on any atom is 0.352 e. The van der Waals surface area contributed by atoms with Gasteiger partial charge < -0.3 is 15.2 Å². The zero-order valence-electron chi connectivity index (χ0n) is 9.55. The van der Waals surface area contributed by atoms with E-state index in [0.29, 0.717) is 32.5 Å². The molecule has 2 aliphatic rings. The standard InChI is InChI=1S/C11H17F2NO3/c12-11(13,10(16)4-1-5-10)9(15)14-8-2-6-17-7-3-8/h8,16H,1-7H2,(H,14,15). The van der Waals surface area contributed by atoms with Gasteiger partial charge in [0.2, 0.25) is 0 Å². The molecule has 1 amide bonds. The summed E-state index contributed by atoms with van der Waals surface area (Å²) < 4.78 is 32.5. The van der Waals surface area contributed by atoms with E-state index in [0.717, 1.165) is 0 Å². The topological polar surface area (TPSA) is 58.6 Å². The van der Waals surface area contributed by atoms with E-state index in [-0.39, 0.29) is 18.9 Å². The van der Waals surface area contributed by atoms with Crippen molar-refractivity contribution < 1.29 is 23.4 Å². The second kappa shape index (κ2) is 4.49. The van der Waals surface area contributed by atoms with Gasteiger partial charge in [0.05, 0.1) is 0 Å². The van der Waals surface area contributed by atoms with E-state index in [1.807, 2.05) is 0 Å². The predicted molar refractivity (Wildman–Crippen MR) is 55.7 cm³/mol. The fourth-order valence-electron chi connectivity index (χ4n) is 2.15. The highest BCUT2D eigenvalue weighted by Crippen LogP contribution is 2.44. The number of amides is 1. The minimum atomic E-state index is -3.69. The van der Waals surface area contributed by atoms with Gasteiger partial charge in [-0.2, -0.15) is 8.78 Å². The fourth-order valence-corrected chi connectivity index (χ4v) is 2.15. The van der Waals surface area contributed by atoms with Gasteiger partial charge in [0, 0.05) is 19.3 Å². The maximum atomic E-state index is 13.7. The predicted octanol–water partition coefficient (Wildman–Crippen LogP) is 0.832. The highest BCUT2D eigenvalue weighted by molar-refractivity contribution is 5.85. The van der Waals surface area contributed by atoms with Crippen LogP contribution in [0.1, 0.15) is 32.1 Å². The van der Waals surface area contributed by atoms with Crippen LogP contribution in [-0.4, -0.2) is 41.8 Å². The molecule has 1 heterocycles. The normalized spacial score (nSPS) is 25.1. The van der Waals surface area contributed by atoms with E-state index in [9.17, 15) is 18.7 Å². The van der Waals surface area contributed by atoms with E-state index in [1.54, 1.807) is 0 Å². The molecule has 0 aromatic rings. The zero-order chi connectivity index (χ0) is 12.5. The molecule has 0 atom stereocenters. The Morgan fingerprint density at radius 3 is 2.41 bits per heavy atom. The molecule has 0 bridgehead atoms. The second-order valence-corrected chi connectivity index (χ2v) is 4.82. The zero-order valence-corrected chi connectivity index (χ0v) is 9.55. The minimum Gasteiger partial charge on any atom is -0.383 e. The van der Waals surface area contributed by atoms with Gasteiger partial charge in [-0.3, -0.25) is 4.79 Å². The summed E-state index contributed by atoms with van der Waals surface area (Å²) in [5.41, 5.74) is -2.14. The molecule has 0 unspecified atom stereocenters.